The Labute approximate surface area is 179 Å². The number of aromatic amines is 1. The van der Waals surface area contributed by atoms with Gasteiger partial charge < -0.3 is 19.7 Å². The molecule has 0 saturated carbocycles. The van der Waals surface area contributed by atoms with Crippen LogP contribution >= 0.6 is 0 Å². The second-order valence-corrected chi connectivity index (χ2v) is 7.66. The van der Waals surface area contributed by atoms with Crippen LogP contribution in [0.25, 0.3) is 11.3 Å². The van der Waals surface area contributed by atoms with Gasteiger partial charge in [-0.1, -0.05) is 30.3 Å². The molecule has 2 N–H and O–H groups in total. The van der Waals surface area contributed by atoms with Gasteiger partial charge in [0.15, 0.2) is 11.5 Å². The topological polar surface area (TPSA) is 96.6 Å². The number of likely N-dealkylation sites (tertiary alicyclic amines) is 1. The van der Waals surface area contributed by atoms with Crippen LogP contribution in [0.5, 0.6) is 11.5 Å². The predicted octanol–water partition coefficient (Wildman–Crippen LogP) is 3.30. The Balaban J connectivity index is 1.17. The van der Waals surface area contributed by atoms with Crippen molar-refractivity contribution in [2.45, 2.75) is 12.8 Å². The molecule has 31 heavy (non-hydrogen) atoms. The molecule has 0 aliphatic carbocycles. The summed E-state index contributed by atoms with van der Waals surface area (Å²) >= 11 is 0. The largest absolute Gasteiger partial charge is 0.454 e. The molecule has 0 spiro atoms. The van der Waals surface area contributed by atoms with Gasteiger partial charge in [-0.05, 0) is 31.0 Å². The van der Waals surface area contributed by atoms with Gasteiger partial charge in [0.25, 0.3) is 5.91 Å². The Morgan fingerprint density at radius 3 is 2.58 bits per heavy atom. The van der Waals surface area contributed by atoms with E-state index >= 15 is 0 Å². The molecule has 1 fully saturated rings. The fourth-order valence-corrected chi connectivity index (χ4v) is 3.92. The summed E-state index contributed by atoms with van der Waals surface area (Å²) in [6.45, 7) is 1.25. The number of carbonyl (C=O) groups excluding carboxylic acids is 2. The zero-order chi connectivity index (χ0) is 21.2. The Kier molecular flexibility index (Phi) is 5.03. The van der Waals surface area contributed by atoms with E-state index in [0.717, 1.165) is 11.3 Å². The number of ether oxygens (including phenoxy) is 2. The molecular formula is C23H22N4O4. The van der Waals surface area contributed by atoms with Gasteiger partial charge in [-0.3, -0.25) is 14.7 Å². The first-order chi connectivity index (χ1) is 15.2. The van der Waals surface area contributed by atoms with Crippen LogP contribution in [0.4, 0.5) is 5.69 Å². The zero-order valence-corrected chi connectivity index (χ0v) is 16.8. The summed E-state index contributed by atoms with van der Waals surface area (Å²) in [5, 5.41) is 10.1. The lowest BCUT2D eigenvalue weighted by atomic mass is 9.95. The molecule has 8 heteroatoms. The quantitative estimate of drug-likeness (QED) is 0.678. The number of rotatable bonds is 4. The minimum absolute atomic E-state index is 0.0427. The van der Waals surface area contributed by atoms with Crippen molar-refractivity contribution < 1.29 is 19.1 Å². The smallest absolute Gasteiger partial charge is 0.271 e. The van der Waals surface area contributed by atoms with Crippen molar-refractivity contribution >= 4 is 17.5 Å². The number of nitrogens with zero attached hydrogens (tertiary/aromatic N) is 2. The van der Waals surface area contributed by atoms with Gasteiger partial charge in [0, 0.05) is 36.3 Å². The lowest BCUT2D eigenvalue weighted by molar-refractivity contribution is -0.121. The van der Waals surface area contributed by atoms with Crippen molar-refractivity contribution in [3.63, 3.8) is 0 Å². The Morgan fingerprint density at radius 1 is 1.00 bits per heavy atom. The summed E-state index contributed by atoms with van der Waals surface area (Å²) in [5.41, 5.74) is 2.83. The molecule has 8 nitrogen and oxygen atoms in total. The predicted molar refractivity (Wildman–Crippen MR) is 114 cm³/mol. The van der Waals surface area contributed by atoms with Crippen molar-refractivity contribution in [1.82, 2.24) is 15.1 Å². The van der Waals surface area contributed by atoms with Gasteiger partial charge >= 0.3 is 0 Å². The monoisotopic (exact) mass is 418 g/mol. The Hall–Kier alpha value is -3.81. The number of H-pyrrole nitrogens is 1. The summed E-state index contributed by atoms with van der Waals surface area (Å²) in [7, 11) is 0. The normalized spacial score (nSPS) is 15.7. The van der Waals surface area contributed by atoms with Crippen LogP contribution in [0.2, 0.25) is 0 Å². The number of nitrogens with one attached hydrogen (secondary N) is 2. The fraction of sp³-hybridized carbons (Fsp3) is 0.261. The maximum absolute atomic E-state index is 12.8. The number of amides is 2. The molecular weight excluding hydrogens is 396 g/mol. The second-order valence-electron chi connectivity index (χ2n) is 7.66. The molecule has 1 aromatic heterocycles. The van der Waals surface area contributed by atoms with Crippen molar-refractivity contribution in [2.24, 2.45) is 5.92 Å². The van der Waals surface area contributed by atoms with E-state index in [-0.39, 0.29) is 24.5 Å². The van der Waals surface area contributed by atoms with Crippen LogP contribution in [-0.2, 0) is 4.79 Å². The zero-order valence-electron chi connectivity index (χ0n) is 16.8. The summed E-state index contributed by atoms with van der Waals surface area (Å²) < 4.78 is 10.6. The molecule has 2 aromatic carbocycles. The van der Waals surface area contributed by atoms with Crippen LogP contribution < -0.4 is 14.8 Å². The van der Waals surface area contributed by atoms with Gasteiger partial charge in [-0.15, -0.1) is 0 Å². The molecule has 3 aromatic rings. The van der Waals surface area contributed by atoms with E-state index in [1.54, 1.807) is 29.2 Å². The molecule has 158 valence electrons. The number of carbonyl (C=O) groups is 2. The van der Waals surface area contributed by atoms with Crippen molar-refractivity contribution in [2.75, 3.05) is 25.2 Å². The molecule has 0 atom stereocenters. The SMILES string of the molecule is O=C(Nc1ccc2c(c1)OCO2)C1CCN(C(=O)c2cc(-c3ccccc3)n[nH]2)CC1. The lowest BCUT2D eigenvalue weighted by Crippen LogP contribution is -2.41. The van der Waals surface area contributed by atoms with Gasteiger partial charge in [-0.25, -0.2) is 0 Å². The van der Waals surface area contributed by atoms with E-state index in [1.807, 2.05) is 30.3 Å². The highest BCUT2D eigenvalue weighted by Crippen LogP contribution is 2.34. The first-order valence-corrected chi connectivity index (χ1v) is 10.3. The van der Waals surface area contributed by atoms with Gasteiger partial charge in [0.1, 0.15) is 5.69 Å². The van der Waals surface area contributed by atoms with E-state index in [2.05, 4.69) is 15.5 Å². The maximum atomic E-state index is 12.8. The number of hydrogen-bond acceptors (Lipinski definition) is 5. The van der Waals surface area contributed by atoms with Crippen molar-refractivity contribution in [1.29, 1.82) is 0 Å². The standard InChI is InChI=1S/C23H22N4O4/c28-22(24-17-6-7-20-21(12-17)31-14-30-20)16-8-10-27(11-9-16)23(29)19-13-18(25-26-19)15-4-2-1-3-5-15/h1-7,12-13,16H,8-11,14H2,(H,24,28)(H,25,26). The molecule has 1 saturated heterocycles. The average molecular weight is 418 g/mol. The molecule has 0 bridgehead atoms. The van der Waals surface area contributed by atoms with Gasteiger partial charge in [0.05, 0.1) is 5.69 Å². The van der Waals surface area contributed by atoms with E-state index in [9.17, 15) is 9.59 Å². The Morgan fingerprint density at radius 2 is 1.77 bits per heavy atom. The number of anilines is 1. The second kappa shape index (κ2) is 8.14. The number of hydrogen-bond donors (Lipinski definition) is 2. The van der Waals surface area contributed by atoms with E-state index < -0.39 is 0 Å². The van der Waals surface area contributed by atoms with Crippen LogP contribution in [0.3, 0.4) is 0 Å². The molecule has 0 unspecified atom stereocenters. The fourth-order valence-electron chi connectivity index (χ4n) is 3.92. The van der Waals surface area contributed by atoms with Crippen LogP contribution in [-0.4, -0.2) is 46.8 Å². The summed E-state index contributed by atoms with van der Waals surface area (Å²) in [6.07, 6.45) is 1.23. The third-order valence-electron chi connectivity index (χ3n) is 5.67. The summed E-state index contributed by atoms with van der Waals surface area (Å²) in [4.78, 5) is 27.3. The van der Waals surface area contributed by atoms with Gasteiger partial charge in [-0.2, -0.15) is 5.10 Å². The number of fused-ring (bicyclic) bond motifs is 1. The minimum Gasteiger partial charge on any atom is -0.454 e. The first-order valence-electron chi connectivity index (χ1n) is 10.3. The third kappa shape index (κ3) is 3.96. The van der Waals surface area contributed by atoms with Gasteiger partial charge in [0.2, 0.25) is 12.7 Å². The highest BCUT2D eigenvalue weighted by atomic mass is 16.7. The van der Waals surface area contributed by atoms with Crippen LogP contribution in [0.1, 0.15) is 23.3 Å². The summed E-state index contributed by atoms with van der Waals surface area (Å²) in [5.74, 6) is 1.03. The molecule has 3 heterocycles. The summed E-state index contributed by atoms with van der Waals surface area (Å²) in [6, 6.07) is 16.8. The highest BCUT2D eigenvalue weighted by molar-refractivity contribution is 5.95. The maximum Gasteiger partial charge on any atom is 0.271 e. The molecule has 2 amide bonds. The molecule has 2 aliphatic rings. The minimum atomic E-state index is -0.142. The molecule has 2 aliphatic heterocycles. The van der Waals surface area contributed by atoms with Crippen molar-refractivity contribution in [3.05, 3.63) is 60.3 Å². The van der Waals surface area contributed by atoms with Crippen molar-refractivity contribution in [3.8, 4) is 22.8 Å². The highest BCUT2D eigenvalue weighted by Gasteiger charge is 2.29. The van der Waals surface area contributed by atoms with E-state index in [0.29, 0.717) is 48.8 Å². The lowest BCUT2D eigenvalue weighted by Gasteiger charge is -2.31. The van der Waals surface area contributed by atoms with E-state index in [1.165, 1.54) is 0 Å². The Bertz CT molecular complexity index is 1100. The van der Waals surface area contributed by atoms with Crippen LogP contribution in [0, 0.1) is 5.92 Å². The van der Waals surface area contributed by atoms with E-state index in [4.69, 9.17) is 9.47 Å². The average Bonchev–Trinajstić information content (AvgIpc) is 3.49. The number of piperidine rings is 1. The third-order valence-corrected chi connectivity index (χ3v) is 5.67. The molecule has 5 rings (SSSR count). The number of aromatic nitrogens is 2. The number of benzene rings is 2. The van der Waals surface area contributed by atoms with Crippen LogP contribution in [0.15, 0.2) is 54.6 Å². The first kappa shape index (κ1) is 19.2. The molecule has 0 radical (unpaired) electrons.